The second-order valence-electron chi connectivity index (χ2n) is 7.45. The lowest BCUT2D eigenvalue weighted by Crippen LogP contribution is -2.33. The van der Waals surface area contributed by atoms with Gasteiger partial charge in [0, 0.05) is 24.7 Å². The molecule has 3 aromatic rings. The third-order valence-electron chi connectivity index (χ3n) is 4.69. The van der Waals surface area contributed by atoms with Crippen molar-refractivity contribution in [3.63, 3.8) is 0 Å². The summed E-state index contributed by atoms with van der Waals surface area (Å²) < 4.78 is 11.1. The van der Waals surface area contributed by atoms with Crippen LogP contribution in [-0.2, 0) is 4.79 Å². The summed E-state index contributed by atoms with van der Waals surface area (Å²) in [5.41, 5.74) is 8.60. The fourth-order valence-corrected chi connectivity index (χ4v) is 3.16. The summed E-state index contributed by atoms with van der Waals surface area (Å²) >= 11 is 0. The molecule has 3 rings (SSSR count). The van der Waals surface area contributed by atoms with Gasteiger partial charge in [0.15, 0.2) is 0 Å². The largest absolute Gasteiger partial charge is 0.490 e. The molecular formula is C21H26N6O5. The Morgan fingerprint density at radius 3 is 2.47 bits per heavy atom. The van der Waals surface area contributed by atoms with Crippen LogP contribution in [0.1, 0.15) is 23.2 Å². The van der Waals surface area contributed by atoms with E-state index < -0.39 is 18.1 Å². The summed E-state index contributed by atoms with van der Waals surface area (Å²) in [7, 11) is 1.73. The number of nitrogens with two attached hydrogens (primary N) is 1. The lowest BCUT2D eigenvalue weighted by Gasteiger charge is -2.17. The molecule has 0 bridgehead atoms. The van der Waals surface area contributed by atoms with Crippen molar-refractivity contribution in [1.82, 2.24) is 20.1 Å². The van der Waals surface area contributed by atoms with Crippen LogP contribution < -0.4 is 15.8 Å². The quantitative estimate of drug-likeness (QED) is 0.377. The van der Waals surface area contributed by atoms with E-state index in [1.165, 1.54) is 0 Å². The van der Waals surface area contributed by atoms with Gasteiger partial charge in [-0.25, -0.2) is 9.97 Å². The van der Waals surface area contributed by atoms with Crippen LogP contribution in [0.4, 0.5) is 5.95 Å². The minimum atomic E-state index is -1.42. The van der Waals surface area contributed by atoms with Crippen molar-refractivity contribution in [2.75, 3.05) is 19.0 Å². The van der Waals surface area contributed by atoms with Crippen LogP contribution in [0.3, 0.4) is 0 Å². The number of aliphatic hydroxyl groups is 2. The van der Waals surface area contributed by atoms with Crippen LogP contribution in [0.25, 0.3) is 23.0 Å². The average Bonchev–Trinajstić information content (AvgIpc) is 3.22. The van der Waals surface area contributed by atoms with Crippen molar-refractivity contribution >= 4 is 11.9 Å². The smallest absolute Gasteiger partial charge is 0.277 e. The number of aliphatic hydroxyl groups excluding tert-OH is 2. The highest BCUT2D eigenvalue weighted by atomic mass is 16.5. The van der Waals surface area contributed by atoms with Gasteiger partial charge in [-0.1, -0.05) is 5.16 Å². The van der Waals surface area contributed by atoms with E-state index >= 15 is 0 Å². The number of anilines is 1. The Bertz CT molecular complexity index is 1090. The van der Waals surface area contributed by atoms with Crippen LogP contribution in [-0.4, -0.2) is 62.1 Å². The molecule has 0 aliphatic heterocycles. The number of aromatic nitrogens is 4. The maximum Gasteiger partial charge on any atom is 0.277 e. The Labute approximate surface area is 184 Å². The molecule has 2 heterocycles. The SMILES string of the molecule is CNc1nc(C)cc(-c2nc(-c3cc(C)c(OC[C@H](O)CC(O)C(N)=O)c(C)c3)no2)n1. The number of rotatable bonds is 9. The highest BCUT2D eigenvalue weighted by molar-refractivity contribution is 5.78. The Kier molecular flexibility index (Phi) is 7.01. The molecule has 1 amide bonds. The molecular weight excluding hydrogens is 416 g/mol. The van der Waals surface area contributed by atoms with E-state index in [0.717, 1.165) is 22.4 Å². The van der Waals surface area contributed by atoms with Gasteiger partial charge in [-0.3, -0.25) is 4.79 Å². The molecule has 11 heteroatoms. The molecule has 0 aliphatic rings. The Morgan fingerprint density at radius 2 is 1.84 bits per heavy atom. The van der Waals surface area contributed by atoms with Gasteiger partial charge in [0.2, 0.25) is 17.7 Å². The van der Waals surface area contributed by atoms with E-state index in [2.05, 4.69) is 25.4 Å². The number of hydrogen-bond acceptors (Lipinski definition) is 10. The van der Waals surface area contributed by atoms with Crippen LogP contribution in [0.15, 0.2) is 22.7 Å². The van der Waals surface area contributed by atoms with Crippen molar-refractivity contribution < 1.29 is 24.3 Å². The zero-order valence-electron chi connectivity index (χ0n) is 18.3. The average molecular weight is 442 g/mol. The van der Waals surface area contributed by atoms with Crippen molar-refractivity contribution in [1.29, 1.82) is 0 Å². The zero-order chi connectivity index (χ0) is 23.4. The van der Waals surface area contributed by atoms with Crippen LogP contribution in [0.5, 0.6) is 5.75 Å². The van der Waals surface area contributed by atoms with E-state index in [9.17, 15) is 15.0 Å². The molecule has 11 nitrogen and oxygen atoms in total. The molecule has 32 heavy (non-hydrogen) atoms. The summed E-state index contributed by atoms with van der Waals surface area (Å²) in [4.78, 5) is 24.0. The standard InChI is InChI=1S/C21H26N6O5/c1-10-5-13(6-11(2)17(10)31-9-14(28)8-16(29)18(22)30)19-26-20(32-27-19)15-7-12(3)24-21(23-4)25-15/h5-7,14,16,28-29H,8-9H2,1-4H3,(H2,22,30)(H,23,24,25)/t14-,16?/m1/s1. The number of nitrogens with one attached hydrogen (secondary N) is 1. The van der Waals surface area contributed by atoms with E-state index in [1.807, 2.05) is 32.9 Å². The Hall–Kier alpha value is -3.57. The maximum atomic E-state index is 10.9. The van der Waals surface area contributed by atoms with E-state index in [4.69, 9.17) is 15.0 Å². The van der Waals surface area contributed by atoms with Gasteiger partial charge in [0.1, 0.15) is 24.2 Å². The zero-order valence-corrected chi connectivity index (χ0v) is 18.3. The number of ether oxygens (including phenoxy) is 1. The highest BCUT2D eigenvalue weighted by Gasteiger charge is 2.19. The van der Waals surface area contributed by atoms with Gasteiger partial charge >= 0.3 is 0 Å². The molecule has 5 N–H and O–H groups in total. The minimum Gasteiger partial charge on any atom is -0.490 e. The molecule has 1 unspecified atom stereocenters. The normalized spacial score (nSPS) is 12.9. The lowest BCUT2D eigenvalue weighted by molar-refractivity contribution is -0.127. The van der Waals surface area contributed by atoms with E-state index in [-0.39, 0.29) is 18.9 Å². The highest BCUT2D eigenvalue weighted by Crippen LogP contribution is 2.30. The van der Waals surface area contributed by atoms with Crippen molar-refractivity contribution in [3.05, 3.63) is 35.0 Å². The molecule has 2 aromatic heterocycles. The van der Waals surface area contributed by atoms with Crippen molar-refractivity contribution in [2.45, 2.75) is 39.4 Å². The molecule has 0 saturated carbocycles. The third kappa shape index (κ3) is 5.37. The predicted octanol–water partition coefficient (Wildman–Crippen LogP) is 1.14. The number of amides is 1. The molecule has 0 aliphatic carbocycles. The maximum absolute atomic E-state index is 10.9. The van der Waals surface area contributed by atoms with Gasteiger partial charge in [0.05, 0.1) is 6.10 Å². The number of benzene rings is 1. The van der Waals surface area contributed by atoms with Gasteiger partial charge in [-0.05, 0) is 50.1 Å². The number of carbonyl (C=O) groups excluding carboxylic acids is 1. The van der Waals surface area contributed by atoms with Crippen molar-refractivity contribution in [2.24, 2.45) is 5.73 Å². The molecule has 0 spiro atoms. The summed E-state index contributed by atoms with van der Waals surface area (Å²) in [6, 6.07) is 5.43. The molecule has 0 saturated heterocycles. The van der Waals surface area contributed by atoms with Gasteiger partial charge in [0.25, 0.3) is 5.89 Å². The van der Waals surface area contributed by atoms with Crippen LogP contribution in [0.2, 0.25) is 0 Å². The van der Waals surface area contributed by atoms with Gasteiger partial charge in [-0.2, -0.15) is 4.98 Å². The summed E-state index contributed by atoms with van der Waals surface area (Å²) in [6.07, 6.45) is -2.67. The second-order valence-corrected chi connectivity index (χ2v) is 7.45. The first-order valence-electron chi connectivity index (χ1n) is 9.95. The molecule has 2 atom stereocenters. The van der Waals surface area contributed by atoms with Crippen LogP contribution >= 0.6 is 0 Å². The summed E-state index contributed by atoms with van der Waals surface area (Å²) in [5, 5.41) is 26.4. The molecule has 1 aromatic carbocycles. The molecule has 0 fully saturated rings. The fraction of sp³-hybridized carbons (Fsp3) is 0.381. The monoisotopic (exact) mass is 442 g/mol. The third-order valence-corrected chi connectivity index (χ3v) is 4.69. The van der Waals surface area contributed by atoms with E-state index in [1.54, 1.807) is 13.1 Å². The number of aryl methyl sites for hydroxylation is 3. The molecule has 170 valence electrons. The van der Waals surface area contributed by atoms with Crippen molar-refractivity contribution in [3.8, 4) is 28.7 Å². The number of hydrogen-bond donors (Lipinski definition) is 4. The van der Waals surface area contributed by atoms with E-state index in [0.29, 0.717) is 23.2 Å². The fourth-order valence-electron chi connectivity index (χ4n) is 3.16. The molecule has 0 radical (unpaired) electrons. The van der Waals surface area contributed by atoms with Gasteiger partial charge < -0.3 is 30.5 Å². The van der Waals surface area contributed by atoms with Gasteiger partial charge in [-0.15, -0.1) is 0 Å². The summed E-state index contributed by atoms with van der Waals surface area (Å²) in [5.74, 6) is 0.812. The Morgan fingerprint density at radius 1 is 1.16 bits per heavy atom. The first-order valence-corrected chi connectivity index (χ1v) is 9.95. The second kappa shape index (κ2) is 9.71. The first-order chi connectivity index (χ1) is 15.2. The van der Waals surface area contributed by atoms with Crippen LogP contribution in [0, 0.1) is 20.8 Å². The predicted molar refractivity (Wildman–Crippen MR) is 116 cm³/mol. The lowest BCUT2D eigenvalue weighted by atomic mass is 10.1. The topological polar surface area (TPSA) is 170 Å². The minimum absolute atomic E-state index is 0.0986. The number of carbonyl (C=O) groups is 1. The number of primary amides is 1. The summed E-state index contributed by atoms with van der Waals surface area (Å²) in [6.45, 7) is 5.45. The Balaban J connectivity index is 1.77. The first kappa shape index (κ1) is 23.1. The number of nitrogens with zero attached hydrogens (tertiary/aromatic N) is 4.